The zero-order valence-corrected chi connectivity index (χ0v) is 25.3. The summed E-state index contributed by atoms with van der Waals surface area (Å²) in [6, 6.07) is 55.1. The predicted octanol–water partition coefficient (Wildman–Crippen LogP) is 11.4. The normalized spacial score (nSPS) is 12.0. The highest BCUT2D eigenvalue weighted by molar-refractivity contribution is 6.09. The fourth-order valence-corrected chi connectivity index (χ4v) is 6.97. The van der Waals surface area contributed by atoms with Crippen molar-refractivity contribution >= 4 is 32.7 Å². The standard InChI is InChI=1S/C42H34N2/c1-42(2,3)41-40(30-18-8-5-9-19-30)36-22-12-15-25-39(36)44(41)33-27-31(29-16-6-4-7-17-29)26-32(28-33)43-37-23-13-10-20-34(37)35-21-11-14-24-38(35)43/h4-28H,1-3H3. The van der Waals surface area contributed by atoms with E-state index in [9.17, 15) is 0 Å². The van der Waals surface area contributed by atoms with Crippen molar-refractivity contribution < 1.29 is 0 Å². The predicted molar refractivity (Wildman–Crippen MR) is 187 cm³/mol. The lowest BCUT2D eigenvalue weighted by Gasteiger charge is -2.25. The fourth-order valence-electron chi connectivity index (χ4n) is 6.97. The molecule has 44 heavy (non-hydrogen) atoms. The van der Waals surface area contributed by atoms with Crippen LogP contribution in [-0.2, 0) is 5.41 Å². The highest BCUT2D eigenvalue weighted by Crippen LogP contribution is 2.44. The van der Waals surface area contributed by atoms with Crippen LogP contribution >= 0.6 is 0 Å². The van der Waals surface area contributed by atoms with Gasteiger partial charge in [-0.15, -0.1) is 0 Å². The Labute approximate surface area is 258 Å². The van der Waals surface area contributed by atoms with Crippen molar-refractivity contribution in [1.82, 2.24) is 9.13 Å². The van der Waals surface area contributed by atoms with Crippen molar-refractivity contribution in [1.29, 1.82) is 0 Å². The van der Waals surface area contributed by atoms with E-state index < -0.39 is 0 Å². The van der Waals surface area contributed by atoms with Crippen LogP contribution in [0.25, 0.3) is 66.3 Å². The summed E-state index contributed by atoms with van der Waals surface area (Å²) >= 11 is 0. The summed E-state index contributed by atoms with van der Waals surface area (Å²) in [5, 5.41) is 3.80. The maximum absolute atomic E-state index is 2.52. The summed E-state index contributed by atoms with van der Waals surface area (Å²) in [7, 11) is 0. The molecule has 0 saturated carbocycles. The lowest BCUT2D eigenvalue weighted by Crippen LogP contribution is -2.18. The Bertz CT molecular complexity index is 2240. The summed E-state index contributed by atoms with van der Waals surface area (Å²) in [5.41, 5.74) is 12.1. The zero-order valence-electron chi connectivity index (χ0n) is 25.3. The summed E-state index contributed by atoms with van der Waals surface area (Å²) in [4.78, 5) is 0. The average Bonchev–Trinajstić information content (AvgIpc) is 3.59. The SMILES string of the molecule is CC(C)(C)c1c(-c2ccccc2)c2ccccc2n1-c1cc(-c2ccccc2)cc(-n2c3ccccc3c3ccccc32)c1. The molecular weight excluding hydrogens is 532 g/mol. The molecule has 2 aromatic heterocycles. The van der Waals surface area contributed by atoms with Gasteiger partial charge in [-0.1, -0.05) is 136 Å². The Morgan fingerprint density at radius 1 is 0.386 bits per heavy atom. The maximum atomic E-state index is 2.52. The topological polar surface area (TPSA) is 9.86 Å². The molecule has 0 unspecified atom stereocenters. The van der Waals surface area contributed by atoms with Gasteiger partial charge >= 0.3 is 0 Å². The molecule has 2 heterocycles. The van der Waals surface area contributed by atoms with E-state index in [0.29, 0.717) is 0 Å². The Morgan fingerprint density at radius 2 is 0.818 bits per heavy atom. The van der Waals surface area contributed by atoms with Gasteiger partial charge in [0, 0.05) is 44.2 Å². The molecule has 2 nitrogen and oxygen atoms in total. The Balaban J connectivity index is 1.51. The molecule has 0 spiro atoms. The molecule has 212 valence electrons. The third kappa shape index (κ3) is 4.18. The minimum absolute atomic E-state index is 0.125. The van der Waals surface area contributed by atoms with Crippen LogP contribution in [0.4, 0.5) is 0 Å². The largest absolute Gasteiger partial charge is 0.312 e. The molecule has 8 rings (SSSR count). The average molecular weight is 567 g/mol. The van der Waals surface area contributed by atoms with Gasteiger partial charge in [0.05, 0.1) is 16.6 Å². The van der Waals surface area contributed by atoms with Crippen molar-refractivity contribution in [3.8, 4) is 33.6 Å². The summed E-state index contributed by atoms with van der Waals surface area (Å²) in [6.07, 6.45) is 0. The first kappa shape index (κ1) is 26.3. The van der Waals surface area contributed by atoms with Gasteiger partial charge < -0.3 is 9.13 Å². The van der Waals surface area contributed by atoms with Crippen molar-refractivity contribution in [3.05, 3.63) is 157 Å². The third-order valence-corrected chi connectivity index (χ3v) is 8.75. The molecule has 0 amide bonds. The van der Waals surface area contributed by atoms with Crippen molar-refractivity contribution in [2.75, 3.05) is 0 Å². The first-order chi connectivity index (χ1) is 21.5. The van der Waals surface area contributed by atoms with Gasteiger partial charge in [0.25, 0.3) is 0 Å². The Morgan fingerprint density at radius 3 is 1.36 bits per heavy atom. The van der Waals surface area contributed by atoms with Crippen LogP contribution in [0, 0.1) is 0 Å². The van der Waals surface area contributed by atoms with E-state index in [4.69, 9.17) is 0 Å². The molecular formula is C42H34N2. The van der Waals surface area contributed by atoms with Crippen LogP contribution in [0.5, 0.6) is 0 Å². The van der Waals surface area contributed by atoms with Gasteiger partial charge in [-0.25, -0.2) is 0 Å². The zero-order chi connectivity index (χ0) is 29.8. The van der Waals surface area contributed by atoms with Crippen molar-refractivity contribution in [2.24, 2.45) is 0 Å². The molecule has 0 atom stereocenters. The number of hydrogen-bond acceptors (Lipinski definition) is 0. The monoisotopic (exact) mass is 566 g/mol. The highest BCUT2D eigenvalue weighted by atomic mass is 15.0. The summed E-state index contributed by atoms with van der Waals surface area (Å²) in [6.45, 7) is 7.00. The molecule has 6 aromatic carbocycles. The second-order valence-corrected chi connectivity index (χ2v) is 12.7. The lowest BCUT2D eigenvalue weighted by molar-refractivity contribution is 0.561. The minimum atomic E-state index is -0.125. The van der Waals surface area contributed by atoms with Crippen molar-refractivity contribution in [2.45, 2.75) is 26.2 Å². The van der Waals surface area contributed by atoms with E-state index in [0.717, 1.165) is 11.4 Å². The van der Waals surface area contributed by atoms with E-state index >= 15 is 0 Å². The molecule has 0 aliphatic rings. The number of rotatable bonds is 4. The number of fused-ring (bicyclic) bond motifs is 4. The van der Waals surface area contributed by atoms with Crippen LogP contribution in [-0.4, -0.2) is 9.13 Å². The van der Waals surface area contributed by atoms with E-state index in [2.05, 4.69) is 182 Å². The number of nitrogens with zero attached hydrogens (tertiary/aromatic N) is 2. The van der Waals surface area contributed by atoms with Crippen LogP contribution in [0.3, 0.4) is 0 Å². The first-order valence-corrected chi connectivity index (χ1v) is 15.4. The summed E-state index contributed by atoms with van der Waals surface area (Å²) in [5.74, 6) is 0. The van der Waals surface area contributed by atoms with Crippen molar-refractivity contribution in [3.63, 3.8) is 0 Å². The molecule has 0 N–H and O–H groups in total. The van der Waals surface area contributed by atoms with Gasteiger partial charge in [0.15, 0.2) is 0 Å². The van der Waals surface area contributed by atoms with E-state index in [-0.39, 0.29) is 5.41 Å². The highest BCUT2D eigenvalue weighted by Gasteiger charge is 2.28. The van der Waals surface area contributed by atoms with Crippen LogP contribution < -0.4 is 0 Å². The van der Waals surface area contributed by atoms with E-state index in [1.807, 2.05) is 0 Å². The Kier molecular flexibility index (Phi) is 6.06. The number of para-hydroxylation sites is 3. The van der Waals surface area contributed by atoms with Crippen LogP contribution in [0.1, 0.15) is 26.5 Å². The fraction of sp³-hybridized carbons (Fsp3) is 0.0952. The summed E-state index contributed by atoms with van der Waals surface area (Å²) < 4.78 is 4.95. The molecule has 0 bridgehead atoms. The molecule has 0 aliphatic heterocycles. The quantitative estimate of drug-likeness (QED) is 0.200. The Hall–Kier alpha value is -5.34. The van der Waals surface area contributed by atoms with Gasteiger partial charge in [0.1, 0.15) is 0 Å². The molecule has 8 aromatic rings. The smallest absolute Gasteiger partial charge is 0.0541 e. The second-order valence-electron chi connectivity index (χ2n) is 12.7. The van der Waals surface area contributed by atoms with Crippen LogP contribution in [0.15, 0.2) is 152 Å². The number of hydrogen-bond donors (Lipinski definition) is 0. The van der Waals surface area contributed by atoms with Gasteiger partial charge in [-0.2, -0.15) is 0 Å². The van der Waals surface area contributed by atoms with E-state index in [1.54, 1.807) is 0 Å². The lowest BCUT2D eigenvalue weighted by atomic mass is 9.86. The first-order valence-electron chi connectivity index (χ1n) is 15.4. The van der Waals surface area contributed by atoms with Gasteiger partial charge in [0.2, 0.25) is 0 Å². The molecule has 0 fully saturated rings. The van der Waals surface area contributed by atoms with E-state index in [1.165, 1.54) is 60.7 Å². The second kappa shape index (κ2) is 10.1. The maximum Gasteiger partial charge on any atom is 0.0541 e. The van der Waals surface area contributed by atoms with Gasteiger partial charge in [-0.3, -0.25) is 0 Å². The molecule has 0 saturated heterocycles. The minimum Gasteiger partial charge on any atom is -0.312 e. The van der Waals surface area contributed by atoms with Gasteiger partial charge in [-0.05, 0) is 53.1 Å². The third-order valence-electron chi connectivity index (χ3n) is 8.75. The number of aromatic nitrogens is 2. The molecule has 0 radical (unpaired) electrons. The molecule has 2 heteroatoms. The molecule has 0 aliphatic carbocycles. The number of benzene rings is 6. The van der Waals surface area contributed by atoms with Crippen LogP contribution in [0.2, 0.25) is 0 Å².